The van der Waals surface area contributed by atoms with Gasteiger partial charge in [-0.05, 0) is 63.2 Å². The Bertz CT molecular complexity index is 648. The van der Waals surface area contributed by atoms with E-state index in [2.05, 4.69) is 22.0 Å². The number of piperidine rings is 1. The Balaban J connectivity index is 1.93. The molecular formula is C17H27N3O3S. The van der Waals surface area contributed by atoms with Crippen LogP contribution in [0.5, 0.6) is 0 Å². The fourth-order valence-electron chi connectivity index (χ4n) is 2.58. The van der Waals surface area contributed by atoms with Crippen LogP contribution in [0.1, 0.15) is 26.7 Å². The summed E-state index contributed by atoms with van der Waals surface area (Å²) in [4.78, 5) is 14.1. The number of nitrogens with zero attached hydrogens (tertiary/aromatic N) is 1. The van der Waals surface area contributed by atoms with E-state index in [9.17, 15) is 13.2 Å². The van der Waals surface area contributed by atoms with Crippen LogP contribution in [0.15, 0.2) is 29.2 Å². The van der Waals surface area contributed by atoms with Gasteiger partial charge >= 0.3 is 0 Å². The Kier molecular flexibility index (Phi) is 6.37. The van der Waals surface area contributed by atoms with Gasteiger partial charge in [0.1, 0.15) is 0 Å². The van der Waals surface area contributed by atoms with Gasteiger partial charge < -0.3 is 10.2 Å². The first-order valence-corrected chi connectivity index (χ1v) is 9.85. The lowest BCUT2D eigenvalue weighted by Gasteiger charge is -2.28. The van der Waals surface area contributed by atoms with Crippen molar-refractivity contribution in [2.75, 3.05) is 32.0 Å². The number of carbonyl (C=O) groups is 1. The van der Waals surface area contributed by atoms with Crippen LogP contribution in [0.3, 0.4) is 0 Å². The van der Waals surface area contributed by atoms with Gasteiger partial charge in [0, 0.05) is 18.2 Å². The van der Waals surface area contributed by atoms with E-state index in [1.54, 1.807) is 26.0 Å². The second-order valence-corrected chi connectivity index (χ2v) is 8.53. The minimum atomic E-state index is -3.51. The van der Waals surface area contributed by atoms with Crippen LogP contribution in [-0.2, 0) is 14.8 Å². The molecule has 1 fully saturated rings. The van der Waals surface area contributed by atoms with E-state index in [-0.39, 0.29) is 16.7 Å². The zero-order chi connectivity index (χ0) is 17.7. The molecule has 134 valence electrons. The predicted octanol–water partition coefficient (Wildman–Crippen LogP) is 1.90. The van der Waals surface area contributed by atoms with Gasteiger partial charge in [-0.3, -0.25) is 4.79 Å². The highest BCUT2D eigenvalue weighted by atomic mass is 32.2. The topological polar surface area (TPSA) is 78.5 Å². The minimum absolute atomic E-state index is 0.0917. The fourth-order valence-corrected chi connectivity index (χ4v) is 3.70. The summed E-state index contributed by atoms with van der Waals surface area (Å²) in [6.07, 6.45) is 2.03. The number of hydrogen-bond donors (Lipinski definition) is 2. The second kappa shape index (κ2) is 8.09. The van der Waals surface area contributed by atoms with Gasteiger partial charge in [0.25, 0.3) is 0 Å². The number of benzene rings is 1. The van der Waals surface area contributed by atoms with E-state index in [0.717, 1.165) is 25.9 Å². The van der Waals surface area contributed by atoms with Gasteiger partial charge in [0.2, 0.25) is 15.9 Å². The molecule has 0 aromatic heterocycles. The van der Waals surface area contributed by atoms with Crippen molar-refractivity contribution in [3.05, 3.63) is 24.3 Å². The molecule has 0 aliphatic carbocycles. The molecule has 24 heavy (non-hydrogen) atoms. The van der Waals surface area contributed by atoms with Crippen LogP contribution in [0.4, 0.5) is 5.69 Å². The number of likely N-dealkylation sites (tertiary alicyclic amines) is 1. The van der Waals surface area contributed by atoms with E-state index < -0.39 is 10.0 Å². The van der Waals surface area contributed by atoms with Gasteiger partial charge in [-0.2, -0.15) is 0 Å². The van der Waals surface area contributed by atoms with Gasteiger partial charge in [0.05, 0.1) is 4.90 Å². The molecule has 6 nitrogen and oxygen atoms in total. The lowest BCUT2D eigenvalue weighted by molar-refractivity contribution is -0.118. The largest absolute Gasteiger partial charge is 0.326 e. The summed E-state index contributed by atoms with van der Waals surface area (Å²) in [5.41, 5.74) is 0.600. The van der Waals surface area contributed by atoms with Gasteiger partial charge in [-0.1, -0.05) is 13.8 Å². The molecule has 1 heterocycles. The Morgan fingerprint density at radius 3 is 2.33 bits per heavy atom. The van der Waals surface area contributed by atoms with E-state index >= 15 is 0 Å². The van der Waals surface area contributed by atoms with Crippen LogP contribution in [0, 0.1) is 11.8 Å². The third kappa shape index (κ3) is 5.29. The Morgan fingerprint density at radius 2 is 1.79 bits per heavy atom. The number of amides is 1. The molecule has 2 N–H and O–H groups in total. The Labute approximate surface area is 144 Å². The first-order chi connectivity index (χ1) is 11.3. The summed E-state index contributed by atoms with van der Waals surface area (Å²) in [7, 11) is -1.43. The minimum Gasteiger partial charge on any atom is -0.326 e. The van der Waals surface area contributed by atoms with Crippen molar-refractivity contribution < 1.29 is 13.2 Å². The lowest BCUT2D eigenvalue weighted by atomic mass is 9.98. The zero-order valence-corrected chi connectivity index (χ0v) is 15.4. The highest BCUT2D eigenvalue weighted by Gasteiger charge is 2.20. The summed E-state index contributed by atoms with van der Waals surface area (Å²) >= 11 is 0. The first-order valence-electron chi connectivity index (χ1n) is 8.37. The number of carbonyl (C=O) groups excluding carboxylic acids is 1. The average molecular weight is 353 g/mol. The molecule has 1 saturated heterocycles. The molecule has 0 spiro atoms. The molecule has 0 bridgehead atoms. The molecule has 1 aromatic carbocycles. The highest BCUT2D eigenvalue weighted by Crippen LogP contribution is 2.18. The van der Waals surface area contributed by atoms with E-state index in [0.29, 0.717) is 18.2 Å². The number of anilines is 1. The second-order valence-electron chi connectivity index (χ2n) is 6.77. The monoisotopic (exact) mass is 353 g/mol. The summed E-state index contributed by atoms with van der Waals surface area (Å²) in [6, 6.07) is 6.27. The number of sulfonamides is 1. The quantitative estimate of drug-likeness (QED) is 0.819. The molecule has 1 aliphatic heterocycles. The van der Waals surface area contributed by atoms with Crippen molar-refractivity contribution in [1.29, 1.82) is 0 Å². The van der Waals surface area contributed by atoms with Crippen molar-refractivity contribution >= 4 is 21.6 Å². The van der Waals surface area contributed by atoms with Gasteiger partial charge in [-0.15, -0.1) is 0 Å². The van der Waals surface area contributed by atoms with Crippen LogP contribution < -0.4 is 10.0 Å². The molecule has 1 amide bonds. The van der Waals surface area contributed by atoms with Crippen molar-refractivity contribution in [3.63, 3.8) is 0 Å². The summed E-state index contributed by atoms with van der Waals surface area (Å²) in [5.74, 6) is 0.177. The number of nitrogens with one attached hydrogen (secondary N) is 2. The molecule has 0 atom stereocenters. The first kappa shape index (κ1) is 18.9. The fraction of sp³-hybridized carbons (Fsp3) is 0.588. The maximum Gasteiger partial charge on any atom is 0.240 e. The maximum atomic E-state index is 12.4. The molecule has 7 heteroatoms. The van der Waals surface area contributed by atoms with Gasteiger partial charge in [-0.25, -0.2) is 13.1 Å². The predicted molar refractivity (Wildman–Crippen MR) is 95.3 cm³/mol. The highest BCUT2D eigenvalue weighted by molar-refractivity contribution is 7.89. The Hall–Kier alpha value is -1.44. The van der Waals surface area contributed by atoms with Crippen LogP contribution in [-0.4, -0.2) is 45.9 Å². The zero-order valence-electron chi connectivity index (χ0n) is 14.6. The molecule has 2 rings (SSSR count). The van der Waals surface area contributed by atoms with E-state index in [1.165, 1.54) is 12.1 Å². The molecule has 0 radical (unpaired) electrons. The molecular weight excluding hydrogens is 326 g/mol. The molecule has 0 saturated carbocycles. The summed E-state index contributed by atoms with van der Waals surface area (Å²) < 4.78 is 27.4. The van der Waals surface area contributed by atoms with E-state index in [4.69, 9.17) is 0 Å². The Morgan fingerprint density at radius 1 is 1.21 bits per heavy atom. The third-order valence-electron chi connectivity index (χ3n) is 4.36. The smallest absolute Gasteiger partial charge is 0.240 e. The molecule has 1 aromatic rings. The van der Waals surface area contributed by atoms with Crippen molar-refractivity contribution in [3.8, 4) is 0 Å². The molecule has 0 unspecified atom stereocenters. The van der Waals surface area contributed by atoms with Crippen molar-refractivity contribution in [1.82, 2.24) is 9.62 Å². The SMILES string of the molecule is CC(C)C(=O)Nc1ccc(S(=O)(=O)NCC2CCN(C)CC2)cc1. The summed E-state index contributed by atoms with van der Waals surface area (Å²) in [6.45, 7) is 6.11. The standard InChI is InChI=1S/C17H27N3O3S/c1-13(2)17(21)19-15-4-6-16(7-5-15)24(22,23)18-12-14-8-10-20(3)11-9-14/h4-7,13-14,18H,8-12H2,1-3H3,(H,19,21). The van der Waals surface area contributed by atoms with Crippen LogP contribution >= 0.6 is 0 Å². The van der Waals surface area contributed by atoms with Gasteiger partial charge in [0.15, 0.2) is 0 Å². The maximum absolute atomic E-state index is 12.4. The summed E-state index contributed by atoms with van der Waals surface area (Å²) in [5, 5.41) is 2.75. The average Bonchev–Trinajstić information content (AvgIpc) is 2.55. The lowest BCUT2D eigenvalue weighted by Crippen LogP contribution is -2.36. The van der Waals surface area contributed by atoms with Crippen molar-refractivity contribution in [2.45, 2.75) is 31.6 Å². The van der Waals surface area contributed by atoms with Crippen LogP contribution in [0.2, 0.25) is 0 Å². The van der Waals surface area contributed by atoms with E-state index in [1.807, 2.05) is 0 Å². The number of rotatable bonds is 6. The third-order valence-corrected chi connectivity index (χ3v) is 5.80. The van der Waals surface area contributed by atoms with Crippen molar-refractivity contribution in [2.24, 2.45) is 11.8 Å². The van der Waals surface area contributed by atoms with Crippen LogP contribution in [0.25, 0.3) is 0 Å². The number of hydrogen-bond acceptors (Lipinski definition) is 4. The molecule has 1 aliphatic rings. The normalized spacial score (nSPS) is 17.2.